The van der Waals surface area contributed by atoms with Gasteiger partial charge in [-0.05, 0) is 25.0 Å². The minimum absolute atomic E-state index is 0.0442. The minimum atomic E-state index is -0.659. The summed E-state index contributed by atoms with van der Waals surface area (Å²) >= 11 is 5.67. The Labute approximate surface area is 127 Å². The maximum atomic E-state index is 13.8. The van der Waals surface area contributed by atoms with E-state index >= 15 is 0 Å². The van der Waals surface area contributed by atoms with Crippen LogP contribution in [0.15, 0.2) is 18.2 Å². The van der Waals surface area contributed by atoms with Gasteiger partial charge in [0.2, 0.25) is 5.91 Å². The van der Waals surface area contributed by atoms with Crippen molar-refractivity contribution in [1.29, 1.82) is 0 Å². The lowest BCUT2D eigenvalue weighted by Gasteiger charge is -2.30. The van der Waals surface area contributed by atoms with E-state index < -0.39 is 17.8 Å². The Bertz CT molecular complexity index is 553. The highest BCUT2D eigenvalue weighted by Gasteiger charge is 2.29. The number of anilines is 1. The highest BCUT2D eigenvalue weighted by atomic mass is 35.5. The van der Waals surface area contributed by atoms with Crippen LogP contribution < -0.4 is 5.32 Å². The number of halogens is 2. The lowest BCUT2D eigenvalue weighted by Crippen LogP contribution is -2.43. The van der Waals surface area contributed by atoms with Gasteiger partial charge >= 0.3 is 6.09 Å². The van der Waals surface area contributed by atoms with E-state index in [-0.39, 0.29) is 23.2 Å². The van der Waals surface area contributed by atoms with Crippen LogP contribution in [-0.4, -0.2) is 37.1 Å². The summed E-state index contributed by atoms with van der Waals surface area (Å²) < 4.78 is 18.4. The van der Waals surface area contributed by atoms with Gasteiger partial charge < -0.3 is 15.0 Å². The van der Waals surface area contributed by atoms with E-state index in [2.05, 4.69) is 10.1 Å². The number of piperidine rings is 1. The van der Waals surface area contributed by atoms with Crippen LogP contribution in [0.5, 0.6) is 0 Å². The van der Waals surface area contributed by atoms with Gasteiger partial charge in [0.25, 0.3) is 0 Å². The van der Waals surface area contributed by atoms with E-state index in [1.165, 1.54) is 24.1 Å². The zero-order valence-electron chi connectivity index (χ0n) is 11.6. The number of nitrogens with one attached hydrogen (secondary N) is 1. The van der Waals surface area contributed by atoms with E-state index in [4.69, 9.17) is 11.6 Å². The molecule has 2 rings (SSSR count). The number of carbonyl (C=O) groups is 2. The van der Waals surface area contributed by atoms with Gasteiger partial charge in [0.1, 0.15) is 0 Å². The number of hydrogen-bond acceptors (Lipinski definition) is 3. The van der Waals surface area contributed by atoms with Crippen LogP contribution >= 0.6 is 11.6 Å². The quantitative estimate of drug-likeness (QED) is 0.913. The SMILES string of the molecule is COC(=O)N1CCC[C@H](C(=O)Nc2cccc(Cl)c2F)C1. The molecule has 21 heavy (non-hydrogen) atoms. The first-order chi connectivity index (χ1) is 10.0. The fraction of sp³-hybridized carbons (Fsp3) is 0.429. The molecule has 1 aliphatic rings. The molecule has 0 saturated carbocycles. The Balaban J connectivity index is 2.03. The van der Waals surface area contributed by atoms with Gasteiger partial charge in [0, 0.05) is 13.1 Å². The van der Waals surface area contributed by atoms with Crippen molar-refractivity contribution in [2.24, 2.45) is 5.92 Å². The standard InChI is InChI=1S/C14H16ClFN2O3/c1-21-14(20)18-7-3-4-9(8-18)13(19)17-11-6-2-5-10(15)12(11)16/h2,5-6,9H,3-4,7-8H2,1H3,(H,17,19)/t9-/m0/s1. The van der Waals surface area contributed by atoms with Crippen LogP contribution in [0.4, 0.5) is 14.9 Å². The van der Waals surface area contributed by atoms with E-state index in [1.807, 2.05) is 0 Å². The van der Waals surface area contributed by atoms with Gasteiger partial charge in [-0.15, -0.1) is 0 Å². The first-order valence-corrected chi connectivity index (χ1v) is 6.98. The molecule has 5 nitrogen and oxygen atoms in total. The van der Waals surface area contributed by atoms with Gasteiger partial charge in [0.15, 0.2) is 5.82 Å². The van der Waals surface area contributed by atoms with Crippen molar-refractivity contribution in [3.8, 4) is 0 Å². The molecule has 0 aromatic heterocycles. The van der Waals surface area contributed by atoms with Gasteiger partial charge in [-0.25, -0.2) is 9.18 Å². The fourth-order valence-corrected chi connectivity index (χ4v) is 2.50. The Hall–Kier alpha value is -1.82. The molecule has 0 bridgehead atoms. The Morgan fingerprint density at radius 1 is 1.48 bits per heavy atom. The number of likely N-dealkylation sites (tertiary alicyclic amines) is 1. The number of ether oxygens (including phenoxy) is 1. The Kier molecular flexibility index (Phi) is 5.01. The summed E-state index contributed by atoms with van der Waals surface area (Å²) in [7, 11) is 1.30. The third kappa shape index (κ3) is 3.64. The number of hydrogen-bond donors (Lipinski definition) is 1. The summed E-state index contributed by atoms with van der Waals surface area (Å²) in [6.45, 7) is 0.822. The summed E-state index contributed by atoms with van der Waals surface area (Å²) in [5, 5.41) is 2.47. The molecule has 1 saturated heterocycles. The van der Waals surface area contributed by atoms with Gasteiger partial charge in [-0.3, -0.25) is 4.79 Å². The molecule has 1 aromatic carbocycles. The minimum Gasteiger partial charge on any atom is -0.453 e. The molecule has 1 N–H and O–H groups in total. The first-order valence-electron chi connectivity index (χ1n) is 6.60. The van der Waals surface area contributed by atoms with Crippen LogP contribution in [0.3, 0.4) is 0 Å². The van der Waals surface area contributed by atoms with Crippen molar-refractivity contribution in [3.63, 3.8) is 0 Å². The first kappa shape index (κ1) is 15.6. The normalized spacial score (nSPS) is 18.2. The average Bonchev–Trinajstić information content (AvgIpc) is 2.51. The molecule has 0 aliphatic carbocycles. The molecule has 0 unspecified atom stereocenters. The van der Waals surface area contributed by atoms with Crippen LogP contribution in [0, 0.1) is 11.7 Å². The van der Waals surface area contributed by atoms with E-state index in [9.17, 15) is 14.0 Å². The fourth-order valence-electron chi connectivity index (χ4n) is 2.32. The summed E-state index contributed by atoms with van der Waals surface area (Å²) in [5.74, 6) is -1.38. The van der Waals surface area contributed by atoms with Crippen LogP contribution in [0.1, 0.15) is 12.8 Å². The zero-order chi connectivity index (χ0) is 15.4. The zero-order valence-corrected chi connectivity index (χ0v) is 12.3. The number of rotatable bonds is 2. The van der Waals surface area contributed by atoms with Crippen molar-refractivity contribution >= 4 is 29.3 Å². The van der Waals surface area contributed by atoms with Crippen molar-refractivity contribution in [1.82, 2.24) is 4.90 Å². The van der Waals surface area contributed by atoms with Crippen LogP contribution in [0.25, 0.3) is 0 Å². The van der Waals surface area contributed by atoms with E-state index in [0.29, 0.717) is 19.4 Å². The molecular weight excluding hydrogens is 299 g/mol. The molecule has 1 fully saturated rings. The smallest absolute Gasteiger partial charge is 0.409 e. The Morgan fingerprint density at radius 3 is 2.95 bits per heavy atom. The average molecular weight is 315 g/mol. The lowest BCUT2D eigenvalue weighted by molar-refractivity contribution is -0.121. The second-order valence-electron chi connectivity index (χ2n) is 4.85. The van der Waals surface area contributed by atoms with Crippen molar-refractivity contribution in [2.75, 3.05) is 25.5 Å². The maximum Gasteiger partial charge on any atom is 0.409 e. The largest absolute Gasteiger partial charge is 0.453 e. The lowest BCUT2D eigenvalue weighted by atomic mass is 9.97. The topological polar surface area (TPSA) is 58.6 Å². The number of carbonyl (C=O) groups excluding carboxylic acids is 2. The summed E-state index contributed by atoms with van der Waals surface area (Å²) in [5.41, 5.74) is 0.0442. The summed E-state index contributed by atoms with van der Waals surface area (Å²) in [4.78, 5) is 25.1. The predicted octanol–water partition coefficient (Wildman–Crippen LogP) is 2.90. The maximum absolute atomic E-state index is 13.8. The van der Waals surface area contributed by atoms with Gasteiger partial charge in [-0.1, -0.05) is 17.7 Å². The van der Waals surface area contributed by atoms with Gasteiger partial charge in [-0.2, -0.15) is 0 Å². The summed E-state index contributed by atoms with van der Waals surface area (Å²) in [6, 6.07) is 4.41. The molecule has 7 heteroatoms. The predicted molar refractivity (Wildman–Crippen MR) is 76.7 cm³/mol. The Morgan fingerprint density at radius 2 is 2.24 bits per heavy atom. The van der Waals surface area contributed by atoms with E-state index in [0.717, 1.165) is 0 Å². The van der Waals surface area contributed by atoms with Gasteiger partial charge in [0.05, 0.1) is 23.7 Å². The van der Waals surface area contributed by atoms with Crippen molar-refractivity contribution in [3.05, 3.63) is 29.0 Å². The second kappa shape index (κ2) is 6.76. The molecule has 1 atom stereocenters. The number of methoxy groups -OCH3 is 1. The van der Waals surface area contributed by atoms with E-state index in [1.54, 1.807) is 6.07 Å². The molecule has 114 valence electrons. The molecule has 1 heterocycles. The third-order valence-electron chi connectivity index (χ3n) is 3.43. The highest BCUT2D eigenvalue weighted by Crippen LogP contribution is 2.24. The van der Waals surface area contributed by atoms with Crippen molar-refractivity contribution < 1.29 is 18.7 Å². The van der Waals surface area contributed by atoms with Crippen molar-refractivity contribution in [2.45, 2.75) is 12.8 Å². The number of amides is 2. The summed E-state index contributed by atoms with van der Waals surface area (Å²) in [6.07, 6.45) is 0.883. The van der Waals surface area contributed by atoms with Crippen LogP contribution in [0.2, 0.25) is 5.02 Å². The molecule has 0 radical (unpaired) electrons. The molecule has 1 aliphatic heterocycles. The molecular formula is C14H16ClFN2O3. The molecule has 2 amide bonds. The number of benzene rings is 1. The molecule has 1 aromatic rings. The monoisotopic (exact) mass is 314 g/mol. The highest BCUT2D eigenvalue weighted by molar-refractivity contribution is 6.31. The van der Waals surface area contributed by atoms with Crippen LogP contribution in [-0.2, 0) is 9.53 Å². The third-order valence-corrected chi connectivity index (χ3v) is 3.73. The second-order valence-corrected chi connectivity index (χ2v) is 5.25. The number of nitrogens with zero attached hydrogens (tertiary/aromatic N) is 1. The molecule has 0 spiro atoms.